The van der Waals surface area contributed by atoms with Crippen molar-refractivity contribution in [3.8, 4) is 0 Å². The lowest BCUT2D eigenvalue weighted by Gasteiger charge is -2.24. The fourth-order valence-electron chi connectivity index (χ4n) is 2.19. The van der Waals surface area contributed by atoms with Crippen molar-refractivity contribution in [2.24, 2.45) is 0 Å². The third-order valence-corrected chi connectivity index (χ3v) is 5.08. The molecule has 1 heterocycles. The van der Waals surface area contributed by atoms with Gasteiger partial charge in [0.2, 0.25) is 0 Å². The molecule has 0 bridgehead atoms. The summed E-state index contributed by atoms with van der Waals surface area (Å²) in [6, 6.07) is 5.53. The molecule has 6 heteroatoms. The summed E-state index contributed by atoms with van der Waals surface area (Å²) >= 11 is 6.18. The second-order valence-electron chi connectivity index (χ2n) is 5.16. The van der Waals surface area contributed by atoms with Gasteiger partial charge in [0.05, 0.1) is 10.7 Å². The highest BCUT2D eigenvalue weighted by molar-refractivity contribution is 7.85. The van der Waals surface area contributed by atoms with Crippen molar-refractivity contribution >= 4 is 34.0 Å². The van der Waals surface area contributed by atoms with E-state index in [2.05, 4.69) is 5.32 Å². The number of hydrogen-bond acceptors (Lipinski definition) is 3. The van der Waals surface area contributed by atoms with Crippen LogP contribution in [0.25, 0.3) is 0 Å². The second-order valence-corrected chi connectivity index (χ2v) is 7.26. The highest BCUT2D eigenvalue weighted by atomic mass is 35.5. The van der Waals surface area contributed by atoms with Gasteiger partial charge in [-0.05, 0) is 31.0 Å². The number of rotatable bonds is 3. The van der Waals surface area contributed by atoms with Crippen molar-refractivity contribution in [2.75, 3.05) is 30.9 Å². The van der Waals surface area contributed by atoms with Crippen molar-refractivity contribution in [1.29, 1.82) is 0 Å². The summed E-state index contributed by atoms with van der Waals surface area (Å²) in [5, 5.41) is 3.97. The third-order valence-electron chi connectivity index (χ3n) is 3.37. The number of nitrogens with zero attached hydrogens (tertiary/aromatic N) is 1. The summed E-state index contributed by atoms with van der Waals surface area (Å²) in [6.07, 6.45) is 1.74. The molecule has 0 aliphatic carbocycles. The van der Waals surface area contributed by atoms with Gasteiger partial charge in [0.25, 0.3) is 5.91 Å². The van der Waals surface area contributed by atoms with Crippen LogP contribution in [0.2, 0.25) is 5.02 Å². The van der Waals surface area contributed by atoms with Crippen molar-refractivity contribution in [3.63, 3.8) is 0 Å². The molecule has 20 heavy (non-hydrogen) atoms. The molecule has 1 aliphatic rings. The molecule has 1 amide bonds. The molecule has 1 N–H and O–H groups in total. The zero-order chi connectivity index (χ0) is 14.7. The largest absolute Gasteiger partial charge is 0.381 e. The van der Waals surface area contributed by atoms with E-state index in [9.17, 15) is 9.00 Å². The summed E-state index contributed by atoms with van der Waals surface area (Å²) in [5.74, 6) is 1.41. The molecule has 1 fully saturated rings. The molecular formula is C14H19ClN2O2S. The molecule has 0 unspecified atom stereocenters. The van der Waals surface area contributed by atoms with E-state index in [1.165, 1.54) is 4.90 Å². The summed E-state index contributed by atoms with van der Waals surface area (Å²) in [4.78, 5) is 13.5. The Bertz CT molecular complexity index is 524. The van der Waals surface area contributed by atoms with Crippen LogP contribution in [0.4, 0.5) is 5.69 Å². The van der Waals surface area contributed by atoms with Gasteiger partial charge in [0.15, 0.2) is 0 Å². The van der Waals surface area contributed by atoms with Gasteiger partial charge in [-0.2, -0.15) is 0 Å². The van der Waals surface area contributed by atoms with Crippen LogP contribution in [-0.4, -0.2) is 46.7 Å². The van der Waals surface area contributed by atoms with E-state index in [1.54, 1.807) is 32.3 Å². The van der Waals surface area contributed by atoms with E-state index in [4.69, 9.17) is 11.6 Å². The van der Waals surface area contributed by atoms with Crippen molar-refractivity contribution in [2.45, 2.75) is 18.9 Å². The first-order valence-electron chi connectivity index (χ1n) is 6.60. The Labute approximate surface area is 126 Å². The van der Waals surface area contributed by atoms with Gasteiger partial charge in [0.1, 0.15) is 0 Å². The molecule has 0 radical (unpaired) electrons. The second kappa shape index (κ2) is 6.59. The lowest BCUT2D eigenvalue weighted by molar-refractivity contribution is 0.0827. The average Bonchev–Trinajstić information content (AvgIpc) is 2.43. The maximum Gasteiger partial charge on any atom is 0.253 e. The van der Waals surface area contributed by atoms with Crippen LogP contribution < -0.4 is 5.32 Å². The van der Waals surface area contributed by atoms with Crippen LogP contribution in [-0.2, 0) is 10.8 Å². The minimum atomic E-state index is -0.676. The maximum atomic E-state index is 12.0. The number of benzene rings is 1. The van der Waals surface area contributed by atoms with Crippen molar-refractivity contribution in [1.82, 2.24) is 4.90 Å². The molecule has 0 spiro atoms. The molecule has 0 aromatic heterocycles. The molecule has 1 aliphatic heterocycles. The molecule has 1 aromatic rings. The number of carbonyl (C=O) groups is 1. The fraction of sp³-hybridized carbons (Fsp3) is 0.500. The number of anilines is 1. The summed E-state index contributed by atoms with van der Waals surface area (Å²) in [5.41, 5.74) is 1.39. The number of nitrogens with one attached hydrogen (secondary N) is 1. The lowest BCUT2D eigenvalue weighted by atomic mass is 10.1. The topological polar surface area (TPSA) is 49.4 Å². The number of halogens is 1. The predicted molar refractivity (Wildman–Crippen MR) is 84.0 cm³/mol. The SMILES string of the molecule is CN(C)C(=O)c1ccc(Cl)c(NC2CCS(=O)CC2)c1. The summed E-state index contributed by atoms with van der Waals surface area (Å²) in [7, 11) is 2.77. The number of carbonyl (C=O) groups excluding carboxylic acids is 1. The van der Waals surface area contributed by atoms with E-state index in [0.29, 0.717) is 10.6 Å². The highest BCUT2D eigenvalue weighted by Gasteiger charge is 2.19. The average molecular weight is 315 g/mol. The molecule has 0 atom stereocenters. The minimum absolute atomic E-state index is 0.0468. The Morgan fingerprint density at radius 1 is 1.35 bits per heavy atom. The van der Waals surface area contributed by atoms with E-state index in [1.807, 2.05) is 0 Å². The van der Waals surface area contributed by atoms with Crippen molar-refractivity contribution < 1.29 is 9.00 Å². The fourth-order valence-corrected chi connectivity index (χ4v) is 3.66. The first kappa shape index (κ1) is 15.3. The smallest absolute Gasteiger partial charge is 0.253 e. The Balaban J connectivity index is 2.12. The number of hydrogen-bond donors (Lipinski definition) is 1. The number of amides is 1. The Morgan fingerprint density at radius 2 is 2.00 bits per heavy atom. The van der Waals surface area contributed by atoms with Gasteiger partial charge < -0.3 is 10.2 Å². The minimum Gasteiger partial charge on any atom is -0.381 e. The molecule has 2 rings (SSSR count). The van der Waals surface area contributed by atoms with E-state index in [0.717, 1.165) is 30.0 Å². The van der Waals surface area contributed by atoms with Gasteiger partial charge in [0, 0.05) is 48.0 Å². The monoisotopic (exact) mass is 314 g/mol. The molecule has 1 saturated heterocycles. The molecular weight excluding hydrogens is 296 g/mol. The van der Waals surface area contributed by atoms with Crippen LogP contribution in [0, 0.1) is 0 Å². The Kier molecular flexibility index (Phi) is 5.05. The van der Waals surface area contributed by atoms with E-state index >= 15 is 0 Å². The van der Waals surface area contributed by atoms with Gasteiger partial charge in [-0.15, -0.1) is 0 Å². The zero-order valence-corrected chi connectivity index (χ0v) is 13.3. The van der Waals surface area contributed by atoms with Gasteiger partial charge >= 0.3 is 0 Å². The van der Waals surface area contributed by atoms with Crippen molar-refractivity contribution in [3.05, 3.63) is 28.8 Å². The zero-order valence-electron chi connectivity index (χ0n) is 11.7. The first-order chi connectivity index (χ1) is 9.47. The quantitative estimate of drug-likeness (QED) is 0.932. The van der Waals surface area contributed by atoms with E-state index in [-0.39, 0.29) is 11.9 Å². The van der Waals surface area contributed by atoms with Crippen LogP contribution >= 0.6 is 11.6 Å². The van der Waals surface area contributed by atoms with E-state index < -0.39 is 10.8 Å². The Morgan fingerprint density at radius 3 is 2.60 bits per heavy atom. The normalized spacial score (nSPS) is 22.4. The first-order valence-corrected chi connectivity index (χ1v) is 8.46. The highest BCUT2D eigenvalue weighted by Crippen LogP contribution is 2.26. The van der Waals surface area contributed by atoms with Crippen LogP contribution in [0.3, 0.4) is 0 Å². The standard InChI is InChI=1S/C14H19ClN2O2S/c1-17(2)14(18)10-3-4-12(15)13(9-10)16-11-5-7-20(19)8-6-11/h3-4,9,11,16H,5-8H2,1-2H3. The summed E-state index contributed by atoms with van der Waals surface area (Å²) in [6.45, 7) is 0. The van der Waals surface area contributed by atoms with Crippen LogP contribution in [0.1, 0.15) is 23.2 Å². The molecule has 110 valence electrons. The molecule has 1 aromatic carbocycles. The molecule has 0 saturated carbocycles. The van der Waals surface area contributed by atoms with Crippen LogP contribution in [0.15, 0.2) is 18.2 Å². The third kappa shape index (κ3) is 3.73. The van der Waals surface area contributed by atoms with Gasteiger partial charge in [-0.25, -0.2) is 0 Å². The Hall–Kier alpha value is -1.07. The van der Waals surface area contributed by atoms with Gasteiger partial charge in [-0.3, -0.25) is 9.00 Å². The lowest BCUT2D eigenvalue weighted by Crippen LogP contribution is -2.29. The summed E-state index contributed by atoms with van der Waals surface area (Å²) < 4.78 is 11.4. The maximum absolute atomic E-state index is 12.0. The molecule has 4 nitrogen and oxygen atoms in total. The van der Waals surface area contributed by atoms with Crippen LogP contribution in [0.5, 0.6) is 0 Å². The predicted octanol–water partition coefficient (Wildman–Crippen LogP) is 2.36. The van der Waals surface area contributed by atoms with Gasteiger partial charge in [-0.1, -0.05) is 11.6 Å².